The van der Waals surface area contributed by atoms with E-state index in [-0.39, 0.29) is 12.6 Å². The molecular formula is C16H18N5O4S-. The van der Waals surface area contributed by atoms with E-state index in [2.05, 4.69) is 15.4 Å². The van der Waals surface area contributed by atoms with Gasteiger partial charge in [0.15, 0.2) is 6.33 Å². The zero-order chi connectivity index (χ0) is 18.4. The average molecular weight is 376 g/mol. The SMILES string of the molecule is O=COCCC1=CCCCC1N(c1ccc(-n2ncnn2)cc1)S(=O)[O-]. The van der Waals surface area contributed by atoms with Crippen LogP contribution in [0.5, 0.6) is 0 Å². The largest absolute Gasteiger partial charge is 0.755 e. The number of aromatic nitrogens is 4. The zero-order valence-corrected chi connectivity index (χ0v) is 14.7. The molecule has 3 rings (SSSR count). The fraction of sp³-hybridized carbons (Fsp3) is 0.375. The third-order valence-electron chi connectivity index (χ3n) is 4.22. The maximum absolute atomic E-state index is 12.0. The van der Waals surface area contributed by atoms with Crippen LogP contribution in [0.15, 0.2) is 42.2 Å². The number of anilines is 1. The summed E-state index contributed by atoms with van der Waals surface area (Å²) in [7, 11) is 0. The van der Waals surface area contributed by atoms with Gasteiger partial charge in [-0.3, -0.25) is 13.3 Å². The summed E-state index contributed by atoms with van der Waals surface area (Å²) in [6.45, 7) is 0.640. The van der Waals surface area contributed by atoms with Gasteiger partial charge in [0, 0.05) is 23.4 Å². The Morgan fingerprint density at radius 1 is 1.38 bits per heavy atom. The smallest absolute Gasteiger partial charge is 0.293 e. The van der Waals surface area contributed by atoms with Crippen LogP contribution < -0.4 is 4.31 Å². The summed E-state index contributed by atoms with van der Waals surface area (Å²) in [4.78, 5) is 11.7. The minimum Gasteiger partial charge on any atom is -0.755 e. The Labute approximate surface area is 153 Å². The summed E-state index contributed by atoms with van der Waals surface area (Å²) in [5.74, 6) is 0. The fourth-order valence-electron chi connectivity index (χ4n) is 3.07. The number of hydrogen-bond acceptors (Lipinski definition) is 7. The lowest BCUT2D eigenvalue weighted by atomic mass is 9.92. The van der Waals surface area contributed by atoms with Gasteiger partial charge < -0.3 is 9.29 Å². The molecule has 2 aromatic rings. The van der Waals surface area contributed by atoms with Gasteiger partial charge in [0.1, 0.15) is 0 Å². The van der Waals surface area contributed by atoms with Crippen LogP contribution in [0.4, 0.5) is 5.69 Å². The number of tetrazole rings is 1. The van der Waals surface area contributed by atoms with Crippen LogP contribution in [0.3, 0.4) is 0 Å². The number of carbonyl (C=O) groups excluding carboxylic acids is 1. The van der Waals surface area contributed by atoms with Crippen LogP contribution >= 0.6 is 0 Å². The first-order chi connectivity index (χ1) is 12.7. The lowest BCUT2D eigenvalue weighted by Crippen LogP contribution is -2.39. The highest BCUT2D eigenvalue weighted by atomic mass is 32.2. The van der Waals surface area contributed by atoms with Crippen molar-refractivity contribution < 1.29 is 18.3 Å². The molecule has 0 saturated heterocycles. The molecule has 26 heavy (non-hydrogen) atoms. The Morgan fingerprint density at radius 2 is 2.19 bits per heavy atom. The number of carbonyl (C=O) groups is 1. The van der Waals surface area contributed by atoms with Crippen molar-refractivity contribution in [3.05, 3.63) is 42.2 Å². The molecule has 1 aromatic heterocycles. The van der Waals surface area contributed by atoms with Gasteiger partial charge in [-0.2, -0.15) is 0 Å². The first kappa shape index (κ1) is 18.2. The van der Waals surface area contributed by atoms with E-state index in [9.17, 15) is 13.6 Å². The van der Waals surface area contributed by atoms with Crippen molar-refractivity contribution >= 4 is 23.4 Å². The molecule has 2 unspecified atom stereocenters. The van der Waals surface area contributed by atoms with Gasteiger partial charge in [-0.1, -0.05) is 6.08 Å². The molecule has 0 fully saturated rings. The van der Waals surface area contributed by atoms with Crippen molar-refractivity contribution in [2.24, 2.45) is 0 Å². The molecule has 1 aromatic carbocycles. The van der Waals surface area contributed by atoms with Crippen LogP contribution in [0.25, 0.3) is 5.69 Å². The number of nitrogens with zero attached hydrogens (tertiary/aromatic N) is 5. The second-order valence-corrected chi connectivity index (χ2v) is 6.55. The molecule has 9 nitrogen and oxygen atoms in total. The van der Waals surface area contributed by atoms with E-state index in [1.807, 2.05) is 6.08 Å². The number of benzene rings is 1. The van der Waals surface area contributed by atoms with Gasteiger partial charge in [0.05, 0.1) is 18.3 Å². The van der Waals surface area contributed by atoms with Gasteiger partial charge >= 0.3 is 0 Å². The summed E-state index contributed by atoms with van der Waals surface area (Å²) in [6.07, 6.45) is 6.38. The van der Waals surface area contributed by atoms with Gasteiger partial charge in [-0.05, 0) is 54.3 Å². The number of ether oxygens (including phenoxy) is 1. The predicted octanol–water partition coefficient (Wildman–Crippen LogP) is 1.30. The molecule has 0 aliphatic heterocycles. The van der Waals surface area contributed by atoms with Gasteiger partial charge in [0.25, 0.3) is 6.47 Å². The highest BCUT2D eigenvalue weighted by molar-refractivity contribution is 7.80. The van der Waals surface area contributed by atoms with E-state index < -0.39 is 11.3 Å². The van der Waals surface area contributed by atoms with Crippen molar-refractivity contribution in [2.45, 2.75) is 31.7 Å². The zero-order valence-electron chi connectivity index (χ0n) is 13.9. The maximum atomic E-state index is 12.0. The normalized spacial score (nSPS) is 18.0. The average Bonchev–Trinajstić information content (AvgIpc) is 3.18. The monoisotopic (exact) mass is 376 g/mol. The third kappa shape index (κ3) is 4.14. The quantitative estimate of drug-likeness (QED) is 0.295. The molecule has 138 valence electrons. The van der Waals surface area contributed by atoms with Crippen molar-refractivity contribution in [1.29, 1.82) is 0 Å². The Hall–Kier alpha value is -2.59. The standard InChI is InChI=1S/C16H19N5O4S/c22-12-25-10-9-13-3-1-2-4-16(13)20(26(23)24)14-5-7-15(8-6-14)21-18-11-17-19-21/h3,5-8,11-12,16H,1-2,4,9-10H2,(H,23,24)/p-1. The molecule has 0 amide bonds. The topological polar surface area (TPSA) is 113 Å². The van der Waals surface area contributed by atoms with Crippen LogP contribution in [0.1, 0.15) is 25.7 Å². The predicted molar refractivity (Wildman–Crippen MR) is 92.9 cm³/mol. The van der Waals surface area contributed by atoms with Crippen molar-refractivity contribution in [1.82, 2.24) is 20.2 Å². The van der Waals surface area contributed by atoms with Crippen molar-refractivity contribution in [3.63, 3.8) is 0 Å². The summed E-state index contributed by atoms with van der Waals surface area (Å²) < 4.78 is 30.1. The number of rotatable bonds is 8. The van der Waals surface area contributed by atoms with Crippen LogP contribution in [-0.4, -0.2) is 48.1 Å². The molecule has 1 aliphatic carbocycles. The summed E-state index contributed by atoms with van der Waals surface area (Å²) in [5.41, 5.74) is 2.20. The summed E-state index contributed by atoms with van der Waals surface area (Å²) in [6, 6.07) is 6.61. The molecule has 2 atom stereocenters. The Balaban J connectivity index is 1.83. The Morgan fingerprint density at radius 3 is 2.85 bits per heavy atom. The van der Waals surface area contributed by atoms with E-state index in [0.717, 1.165) is 18.4 Å². The second kappa shape index (κ2) is 8.68. The Kier molecular flexibility index (Phi) is 6.08. The summed E-state index contributed by atoms with van der Waals surface area (Å²) in [5, 5.41) is 11.4. The molecule has 0 spiro atoms. The van der Waals surface area contributed by atoms with Crippen LogP contribution in [-0.2, 0) is 20.8 Å². The Bertz CT molecular complexity index is 778. The van der Waals surface area contributed by atoms with Gasteiger partial charge in [-0.15, -0.1) is 15.0 Å². The van der Waals surface area contributed by atoms with Crippen LogP contribution in [0, 0.1) is 0 Å². The first-order valence-corrected chi connectivity index (χ1v) is 9.20. The molecule has 1 aliphatic rings. The van der Waals surface area contributed by atoms with E-state index in [1.165, 1.54) is 15.4 Å². The molecule has 1 heterocycles. The molecule has 0 bridgehead atoms. The van der Waals surface area contributed by atoms with E-state index in [1.54, 1.807) is 24.3 Å². The van der Waals surface area contributed by atoms with Crippen LogP contribution in [0.2, 0.25) is 0 Å². The lowest BCUT2D eigenvalue weighted by molar-refractivity contribution is -0.128. The van der Waals surface area contributed by atoms with E-state index in [4.69, 9.17) is 4.74 Å². The lowest BCUT2D eigenvalue weighted by Gasteiger charge is -2.38. The molecule has 0 saturated carbocycles. The summed E-state index contributed by atoms with van der Waals surface area (Å²) >= 11 is -2.44. The third-order valence-corrected chi connectivity index (χ3v) is 5.01. The second-order valence-electron chi connectivity index (χ2n) is 5.73. The molecule has 0 radical (unpaired) electrons. The number of allylic oxidation sites excluding steroid dienone is 1. The fourth-order valence-corrected chi connectivity index (χ4v) is 3.81. The van der Waals surface area contributed by atoms with Crippen molar-refractivity contribution in [3.8, 4) is 5.69 Å². The highest BCUT2D eigenvalue weighted by Gasteiger charge is 2.26. The van der Waals surface area contributed by atoms with Gasteiger partial charge in [-0.25, -0.2) is 0 Å². The van der Waals surface area contributed by atoms with Gasteiger partial charge in [0.2, 0.25) is 0 Å². The van der Waals surface area contributed by atoms with E-state index in [0.29, 0.717) is 30.7 Å². The number of hydrogen-bond donors (Lipinski definition) is 0. The maximum Gasteiger partial charge on any atom is 0.293 e. The molecular weight excluding hydrogens is 358 g/mol. The molecule has 0 N–H and O–H groups in total. The minimum atomic E-state index is -2.44. The van der Waals surface area contributed by atoms with Crippen molar-refractivity contribution in [2.75, 3.05) is 10.9 Å². The first-order valence-electron chi connectivity index (χ1n) is 8.17. The molecule has 10 heteroatoms. The highest BCUT2D eigenvalue weighted by Crippen LogP contribution is 2.31. The minimum absolute atomic E-state index is 0.238. The van der Waals surface area contributed by atoms with E-state index >= 15 is 0 Å².